The minimum atomic E-state index is 0.819. The zero-order chi connectivity index (χ0) is 12.1. The van der Waals surface area contributed by atoms with E-state index in [-0.39, 0.29) is 0 Å². The van der Waals surface area contributed by atoms with Gasteiger partial charge in [-0.25, -0.2) is 0 Å². The molecule has 90 valence electrons. The third kappa shape index (κ3) is 2.75. The summed E-state index contributed by atoms with van der Waals surface area (Å²) in [4.78, 5) is 0. The quantitative estimate of drug-likeness (QED) is 0.852. The van der Waals surface area contributed by atoms with Crippen LogP contribution in [0.1, 0.15) is 11.3 Å². The van der Waals surface area contributed by atoms with Crippen LogP contribution in [0.25, 0.3) is 0 Å². The van der Waals surface area contributed by atoms with E-state index in [2.05, 4.69) is 15.4 Å². The molecule has 2 aromatic rings. The Kier molecular flexibility index (Phi) is 3.59. The molecule has 1 aromatic carbocycles. The number of nitrogens with one attached hydrogen (secondary N) is 1. The van der Waals surface area contributed by atoms with Gasteiger partial charge in [0, 0.05) is 0 Å². The van der Waals surface area contributed by atoms with Crippen LogP contribution in [0, 0.1) is 0 Å². The van der Waals surface area contributed by atoms with Gasteiger partial charge in [0.15, 0.2) is 0 Å². The van der Waals surface area contributed by atoms with Crippen molar-refractivity contribution >= 4 is 0 Å². The largest absolute Gasteiger partial charge is 0.497 e. The second kappa shape index (κ2) is 5.34. The lowest BCUT2D eigenvalue weighted by atomic mass is 10.1. The van der Waals surface area contributed by atoms with Crippen molar-refractivity contribution in [1.82, 2.24) is 15.4 Å². The van der Waals surface area contributed by atoms with Crippen molar-refractivity contribution in [3.05, 3.63) is 35.7 Å². The van der Waals surface area contributed by atoms with E-state index in [9.17, 15) is 0 Å². The Morgan fingerprint density at radius 1 is 1.18 bits per heavy atom. The minimum absolute atomic E-state index is 0.819. The highest BCUT2D eigenvalue weighted by Crippen LogP contribution is 2.24. The maximum atomic E-state index is 5.32. The third-order valence-corrected chi connectivity index (χ3v) is 2.60. The molecule has 5 nitrogen and oxygen atoms in total. The average molecular weight is 233 g/mol. The fourth-order valence-corrected chi connectivity index (χ4v) is 1.69. The van der Waals surface area contributed by atoms with Gasteiger partial charge in [0.05, 0.1) is 26.1 Å². The maximum absolute atomic E-state index is 5.32. The molecule has 0 fully saturated rings. The SMILES string of the molecule is COc1ccc(OC)c(CCc2cn[nH]n2)c1. The van der Waals surface area contributed by atoms with E-state index in [1.54, 1.807) is 20.4 Å². The molecule has 0 unspecified atom stereocenters. The topological polar surface area (TPSA) is 60.0 Å². The molecule has 0 spiro atoms. The Balaban J connectivity index is 2.12. The first kappa shape index (κ1) is 11.4. The number of rotatable bonds is 5. The number of benzene rings is 1. The summed E-state index contributed by atoms with van der Waals surface area (Å²) in [7, 11) is 3.32. The molecule has 0 bridgehead atoms. The van der Waals surface area contributed by atoms with Crippen molar-refractivity contribution in [3.63, 3.8) is 0 Å². The van der Waals surface area contributed by atoms with Crippen molar-refractivity contribution in [1.29, 1.82) is 0 Å². The van der Waals surface area contributed by atoms with Crippen molar-refractivity contribution in [2.24, 2.45) is 0 Å². The van der Waals surface area contributed by atoms with Crippen LogP contribution in [0.3, 0.4) is 0 Å². The summed E-state index contributed by atoms with van der Waals surface area (Å²) in [6, 6.07) is 5.79. The van der Waals surface area contributed by atoms with E-state index >= 15 is 0 Å². The molecular weight excluding hydrogens is 218 g/mol. The zero-order valence-electron chi connectivity index (χ0n) is 9.93. The molecule has 0 amide bonds. The summed E-state index contributed by atoms with van der Waals surface area (Å²) < 4.78 is 10.5. The fourth-order valence-electron chi connectivity index (χ4n) is 1.69. The van der Waals surface area contributed by atoms with Crippen molar-refractivity contribution in [2.75, 3.05) is 14.2 Å². The molecule has 0 saturated heterocycles. The number of ether oxygens (including phenoxy) is 2. The Morgan fingerprint density at radius 2 is 2.06 bits per heavy atom. The number of hydrogen-bond acceptors (Lipinski definition) is 4. The molecule has 1 heterocycles. The summed E-state index contributed by atoms with van der Waals surface area (Å²) >= 11 is 0. The van der Waals surface area contributed by atoms with Crippen LogP contribution in [-0.2, 0) is 12.8 Å². The molecule has 2 rings (SSSR count). The van der Waals surface area contributed by atoms with Gasteiger partial charge < -0.3 is 9.47 Å². The first-order valence-electron chi connectivity index (χ1n) is 5.39. The van der Waals surface area contributed by atoms with Gasteiger partial charge in [-0.2, -0.15) is 15.4 Å². The van der Waals surface area contributed by atoms with Crippen LogP contribution in [0.4, 0.5) is 0 Å². The van der Waals surface area contributed by atoms with Gasteiger partial charge >= 0.3 is 0 Å². The van der Waals surface area contributed by atoms with Crippen LogP contribution in [0.15, 0.2) is 24.4 Å². The Bertz CT molecular complexity index is 469. The third-order valence-electron chi connectivity index (χ3n) is 2.60. The van der Waals surface area contributed by atoms with E-state index < -0.39 is 0 Å². The summed E-state index contributed by atoms with van der Waals surface area (Å²) in [6.07, 6.45) is 3.39. The number of aromatic nitrogens is 3. The van der Waals surface area contributed by atoms with E-state index in [0.717, 1.165) is 35.6 Å². The summed E-state index contributed by atoms with van der Waals surface area (Å²) in [6.45, 7) is 0. The van der Waals surface area contributed by atoms with E-state index in [4.69, 9.17) is 9.47 Å². The summed E-state index contributed by atoms with van der Waals surface area (Å²) in [5, 5.41) is 10.4. The summed E-state index contributed by atoms with van der Waals surface area (Å²) in [5.74, 6) is 1.70. The number of hydrogen-bond donors (Lipinski definition) is 1. The van der Waals surface area contributed by atoms with Gasteiger partial charge in [0.2, 0.25) is 0 Å². The first-order chi connectivity index (χ1) is 8.33. The second-order valence-electron chi connectivity index (χ2n) is 3.64. The lowest BCUT2D eigenvalue weighted by molar-refractivity contribution is 0.398. The average Bonchev–Trinajstić information content (AvgIpc) is 2.89. The molecular formula is C12H15N3O2. The molecule has 0 aliphatic heterocycles. The predicted octanol–water partition coefficient (Wildman–Crippen LogP) is 1.61. The van der Waals surface area contributed by atoms with Crippen LogP contribution in [-0.4, -0.2) is 29.6 Å². The molecule has 0 aliphatic carbocycles. The molecule has 0 saturated carbocycles. The second-order valence-corrected chi connectivity index (χ2v) is 3.64. The number of methoxy groups -OCH3 is 2. The molecule has 0 atom stereocenters. The highest BCUT2D eigenvalue weighted by atomic mass is 16.5. The first-order valence-corrected chi connectivity index (χ1v) is 5.39. The van der Waals surface area contributed by atoms with Gasteiger partial charge in [0.1, 0.15) is 11.5 Å². The number of nitrogens with zero attached hydrogens (tertiary/aromatic N) is 2. The van der Waals surface area contributed by atoms with Crippen molar-refractivity contribution in [2.45, 2.75) is 12.8 Å². The van der Waals surface area contributed by atoms with Gasteiger partial charge in [-0.15, -0.1) is 0 Å². The lowest BCUT2D eigenvalue weighted by Gasteiger charge is -2.09. The predicted molar refractivity (Wildman–Crippen MR) is 63.3 cm³/mol. The van der Waals surface area contributed by atoms with Crippen LogP contribution < -0.4 is 9.47 Å². The Hall–Kier alpha value is -2.04. The number of H-pyrrole nitrogens is 1. The van der Waals surface area contributed by atoms with E-state index in [0.29, 0.717) is 0 Å². The van der Waals surface area contributed by atoms with Crippen LogP contribution in [0.2, 0.25) is 0 Å². The molecule has 0 radical (unpaired) electrons. The van der Waals surface area contributed by atoms with Crippen molar-refractivity contribution in [3.8, 4) is 11.5 Å². The smallest absolute Gasteiger partial charge is 0.122 e. The molecule has 0 aliphatic rings. The van der Waals surface area contributed by atoms with Gasteiger partial charge in [-0.1, -0.05) is 0 Å². The number of aryl methyl sites for hydroxylation is 2. The Morgan fingerprint density at radius 3 is 2.71 bits per heavy atom. The van der Waals surface area contributed by atoms with Crippen LogP contribution >= 0.6 is 0 Å². The minimum Gasteiger partial charge on any atom is -0.497 e. The van der Waals surface area contributed by atoms with Gasteiger partial charge in [0.25, 0.3) is 0 Å². The molecule has 17 heavy (non-hydrogen) atoms. The molecule has 5 heteroatoms. The zero-order valence-corrected chi connectivity index (χ0v) is 9.93. The van der Waals surface area contributed by atoms with Crippen LogP contribution in [0.5, 0.6) is 11.5 Å². The fraction of sp³-hybridized carbons (Fsp3) is 0.333. The van der Waals surface area contributed by atoms with E-state index in [1.807, 2.05) is 18.2 Å². The highest BCUT2D eigenvalue weighted by molar-refractivity contribution is 5.40. The summed E-state index contributed by atoms with van der Waals surface area (Å²) in [5.41, 5.74) is 2.05. The Labute approximate surface area is 99.8 Å². The van der Waals surface area contributed by atoms with Gasteiger partial charge in [-0.05, 0) is 36.6 Å². The maximum Gasteiger partial charge on any atom is 0.122 e. The normalized spacial score (nSPS) is 10.2. The lowest BCUT2D eigenvalue weighted by Crippen LogP contribution is -1.97. The molecule has 1 N–H and O–H groups in total. The molecule has 1 aromatic heterocycles. The van der Waals surface area contributed by atoms with Gasteiger partial charge in [-0.3, -0.25) is 0 Å². The van der Waals surface area contributed by atoms with E-state index in [1.165, 1.54) is 0 Å². The number of aromatic amines is 1. The highest BCUT2D eigenvalue weighted by Gasteiger charge is 2.06. The standard InChI is InChI=1S/C12H15N3O2/c1-16-11-5-6-12(17-2)9(7-11)3-4-10-8-13-15-14-10/h5-8H,3-4H2,1-2H3,(H,13,14,15). The monoisotopic (exact) mass is 233 g/mol. The van der Waals surface area contributed by atoms with Crippen molar-refractivity contribution < 1.29 is 9.47 Å².